The van der Waals surface area contributed by atoms with Crippen molar-refractivity contribution in [2.75, 3.05) is 13.1 Å². The highest BCUT2D eigenvalue weighted by atomic mass is 32.1. The Balaban J connectivity index is 0.000000137. The summed E-state index contributed by atoms with van der Waals surface area (Å²) in [5, 5.41) is 3.11. The number of benzene rings is 1. The minimum absolute atomic E-state index is 0.988. The lowest BCUT2D eigenvalue weighted by Crippen LogP contribution is -2.29. The van der Waals surface area contributed by atoms with E-state index in [1.54, 1.807) is 0 Å². The molecule has 3 rings (SSSR count). The summed E-state index contributed by atoms with van der Waals surface area (Å²) in [4.78, 5) is 0. The molecule has 1 aliphatic rings. The van der Waals surface area contributed by atoms with E-state index in [0.29, 0.717) is 0 Å². The smallest absolute Gasteiger partial charge is 0.104 e. The van der Waals surface area contributed by atoms with Crippen molar-refractivity contribution in [1.82, 2.24) is 14.1 Å². The van der Waals surface area contributed by atoms with Gasteiger partial charge in [0.1, 0.15) is 11.0 Å². The molecule has 0 amide bonds. The van der Waals surface area contributed by atoms with Crippen LogP contribution in [0.1, 0.15) is 6.42 Å². The van der Waals surface area contributed by atoms with Crippen LogP contribution in [-0.2, 0) is 0 Å². The molecule has 4 heteroatoms. The van der Waals surface area contributed by atoms with Crippen molar-refractivity contribution in [1.29, 1.82) is 0 Å². The topological polar surface area (TPSA) is 37.8 Å². The quantitative estimate of drug-likeness (QED) is 0.691. The van der Waals surface area contributed by atoms with E-state index in [1.807, 2.05) is 24.3 Å². The maximum atomic E-state index is 4.05. The molecule has 0 radical (unpaired) electrons. The van der Waals surface area contributed by atoms with E-state index in [4.69, 9.17) is 0 Å². The molecule has 13 heavy (non-hydrogen) atoms. The fourth-order valence-corrected chi connectivity index (χ4v) is 1.43. The Hall–Kier alpha value is -1.00. The molecule has 0 saturated carbocycles. The van der Waals surface area contributed by atoms with Gasteiger partial charge in [-0.2, -0.15) is 8.75 Å². The number of nitrogens with zero attached hydrogens (tertiary/aromatic N) is 2. The molecule has 3 nitrogen and oxygen atoms in total. The Morgan fingerprint density at radius 1 is 1.08 bits per heavy atom. The van der Waals surface area contributed by atoms with E-state index < -0.39 is 0 Å². The van der Waals surface area contributed by atoms with Gasteiger partial charge in [0.15, 0.2) is 0 Å². The standard InChI is InChI=1S/C6H4N2S.C3H7N/c1-2-4-6-5(3-1)7-9-8-6;1-2-4-3-1/h1-4H;4H,1-3H2. The summed E-state index contributed by atoms with van der Waals surface area (Å²) in [6, 6.07) is 7.84. The molecular formula is C9H11N3S. The summed E-state index contributed by atoms with van der Waals surface area (Å²) in [5.41, 5.74) is 1.98. The summed E-state index contributed by atoms with van der Waals surface area (Å²) in [6.07, 6.45) is 1.39. The molecule has 1 fully saturated rings. The monoisotopic (exact) mass is 193 g/mol. The molecular weight excluding hydrogens is 182 g/mol. The van der Waals surface area contributed by atoms with Crippen LogP contribution < -0.4 is 5.32 Å². The third kappa shape index (κ3) is 2.23. The minimum Gasteiger partial charge on any atom is -0.317 e. The summed E-state index contributed by atoms with van der Waals surface area (Å²) < 4.78 is 8.10. The second-order valence-electron chi connectivity index (χ2n) is 2.86. The SMILES string of the molecule is C1CNC1.c1ccc2nsnc2c1. The van der Waals surface area contributed by atoms with E-state index in [1.165, 1.54) is 31.2 Å². The van der Waals surface area contributed by atoms with Crippen molar-refractivity contribution >= 4 is 22.8 Å². The Labute approximate surface area is 81.1 Å². The van der Waals surface area contributed by atoms with Gasteiger partial charge in [-0.3, -0.25) is 0 Å². The van der Waals surface area contributed by atoms with E-state index in [9.17, 15) is 0 Å². The van der Waals surface area contributed by atoms with Gasteiger partial charge in [0.05, 0.1) is 11.7 Å². The first-order valence-electron chi connectivity index (χ1n) is 4.35. The molecule has 0 unspecified atom stereocenters. The first kappa shape index (κ1) is 8.59. The average Bonchev–Trinajstić information content (AvgIpc) is 2.47. The second-order valence-corrected chi connectivity index (χ2v) is 3.38. The van der Waals surface area contributed by atoms with Gasteiger partial charge in [-0.15, -0.1) is 0 Å². The van der Waals surface area contributed by atoms with E-state index in [2.05, 4.69) is 14.1 Å². The Bertz CT molecular complexity index is 333. The largest absolute Gasteiger partial charge is 0.317 e. The lowest BCUT2D eigenvalue weighted by atomic mass is 10.3. The molecule has 0 bridgehead atoms. The molecule has 0 spiro atoms. The van der Waals surface area contributed by atoms with Crippen LogP contribution in [0.3, 0.4) is 0 Å². The number of nitrogens with one attached hydrogen (secondary N) is 1. The van der Waals surface area contributed by atoms with Crippen molar-refractivity contribution in [3.05, 3.63) is 24.3 Å². The lowest BCUT2D eigenvalue weighted by Gasteiger charge is -2.09. The fraction of sp³-hybridized carbons (Fsp3) is 0.333. The number of hydrogen-bond donors (Lipinski definition) is 1. The third-order valence-corrected chi connectivity index (χ3v) is 2.42. The van der Waals surface area contributed by atoms with Crippen LogP contribution in [0.5, 0.6) is 0 Å². The van der Waals surface area contributed by atoms with Crippen LogP contribution in [0, 0.1) is 0 Å². The van der Waals surface area contributed by atoms with Gasteiger partial charge in [-0.1, -0.05) is 12.1 Å². The van der Waals surface area contributed by atoms with Crippen LogP contribution in [-0.4, -0.2) is 21.8 Å². The van der Waals surface area contributed by atoms with Gasteiger partial charge in [0.25, 0.3) is 0 Å². The Kier molecular flexibility index (Phi) is 2.84. The molecule has 0 aliphatic carbocycles. The van der Waals surface area contributed by atoms with Crippen molar-refractivity contribution in [3.63, 3.8) is 0 Å². The Morgan fingerprint density at radius 2 is 1.54 bits per heavy atom. The highest BCUT2D eigenvalue weighted by Gasteiger charge is 1.92. The fourth-order valence-electron chi connectivity index (χ4n) is 0.904. The summed E-state index contributed by atoms with van der Waals surface area (Å²) >= 11 is 1.25. The zero-order valence-electron chi connectivity index (χ0n) is 7.23. The molecule has 68 valence electrons. The van der Waals surface area contributed by atoms with Gasteiger partial charge in [0, 0.05) is 0 Å². The first-order valence-corrected chi connectivity index (χ1v) is 5.08. The number of aromatic nitrogens is 2. The van der Waals surface area contributed by atoms with E-state index >= 15 is 0 Å². The molecule has 1 aromatic carbocycles. The van der Waals surface area contributed by atoms with Gasteiger partial charge < -0.3 is 5.32 Å². The molecule has 1 N–H and O–H groups in total. The normalized spacial score (nSPS) is 14.5. The van der Waals surface area contributed by atoms with Gasteiger partial charge >= 0.3 is 0 Å². The van der Waals surface area contributed by atoms with Crippen LogP contribution >= 0.6 is 11.7 Å². The first-order chi connectivity index (χ1) is 6.47. The van der Waals surface area contributed by atoms with E-state index in [0.717, 1.165) is 11.0 Å². The number of fused-ring (bicyclic) bond motifs is 1. The van der Waals surface area contributed by atoms with Crippen molar-refractivity contribution in [3.8, 4) is 0 Å². The van der Waals surface area contributed by atoms with Gasteiger partial charge in [-0.25, -0.2) is 0 Å². The molecule has 0 atom stereocenters. The van der Waals surface area contributed by atoms with Crippen molar-refractivity contribution in [2.24, 2.45) is 0 Å². The maximum absolute atomic E-state index is 4.05. The van der Waals surface area contributed by atoms with Gasteiger partial charge in [-0.05, 0) is 31.6 Å². The van der Waals surface area contributed by atoms with Crippen LogP contribution in [0.15, 0.2) is 24.3 Å². The molecule has 1 aromatic heterocycles. The average molecular weight is 193 g/mol. The maximum Gasteiger partial charge on any atom is 0.104 e. The number of rotatable bonds is 0. The number of hydrogen-bond acceptors (Lipinski definition) is 4. The van der Waals surface area contributed by atoms with Crippen molar-refractivity contribution in [2.45, 2.75) is 6.42 Å². The van der Waals surface area contributed by atoms with Crippen molar-refractivity contribution < 1.29 is 0 Å². The lowest BCUT2D eigenvalue weighted by molar-refractivity contribution is 0.527. The van der Waals surface area contributed by atoms with Crippen LogP contribution in [0.25, 0.3) is 11.0 Å². The summed E-state index contributed by atoms with van der Waals surface area (Å²) in [5.74, 6) is 0. The predicted molar refractivity (Wildman–Crippen MR) is 54.9 cm³/mol. The minimum atomic E-state index is 0.988. The highest BCUT2D eigenvalue weighted by molar-refractivity contribution is 7.00. The molecule has 1 aliphatic heterocycles. The summed E-state index contributed by atoms with van der Waals surface area (Å²) in [7, 11) is 0. The van der Waals surface area contributed by atoms with E-state index in [-0.39, 0.29) is 0 Å². The molecule has 2 heterocycles. The van der Waals surface area contributed by atoms with Crippen LogP contribution in [0.4, 0.5) is 0 Å². The molecule has 1 saturated heterocycles. The van der Waals surface area contributed by atoms with Gasteiger partial charge in [0.2, 0.25) is 0 Å². The van der Waals surface area contributed by atoms with Crippen LogP contribution in [0.2, 0.25) is 0 Å². The highest BCUT2D eigenvalue weighted by Crippen LogP contribution is 2.08. The Morgan fingerprint density at radius 3 is 1.92 bits per heavy atom. The third-order valence-electron chi connectivity index (χ3n) is 1.87. The zero-order chi connectivity index (χ0) is 8.93. The molecule has 2 aromatic rings. The predicted octanol–water partition coefficient (Wildman–Crippen LogP) is 1.67. The second kappa shape index (κ2) is 4.30. The zero-order valence-corrected chi connectivity index (χ0v) is 8.05. The summed E-state index contributed by atoms with van der Waals surface area (Å²) in [6.45, 7) is 2.50.